The quantitative estimate of drug-likeness (QED) is 0.773. The van der Waals surface area contributed by atoms with Gasteiger partial charge in [0.05, 0.1) is 5.56 Å². The Balaban J connectivity index is 1.96. The maximum atomic E-state index is 12.9. The second-order valence-electron chi connectivity index (χ2n) is 5.73. The molecule has 0 fully saturated rings. The molecule has 0 spiro atoms. The fourth-order valence-corrected chi connectivity index (χ4v) is 2.70. The fraction of sp³-hybridized carbons (Fsp3) is 0.167. The third-order valence-electron chi connectivity index (χ3n) is 3.73. The first kappa shape index (κ1) is 16.7. The van der Waals surface area contributed by atoms with Gasteiger partial charge in [-0.1, -0.05) is 35.0 Å². The summed E-state index contributed by atoms with van der Waals surface area (Å²) in [7, 11) is 0. The van der Waals surface area contributed by atoms with Crippen molar-refractivity contribution in [2.75, 3.05) is 0 Å². The van der Waals surface area contributed by atoms with E-state index >= 15 is 0 Å². The van der Waals surface area contributed by atoms with Crippen molar-refractivity contribution in [2.45, 2.75) is 19.5 Å². The van der Waals surface area contributed by atoms with Crippen LogP contribution in [0.3, 0.4) is 0 Å². The first-order valence-electron chi connectivity index (χ1n) is 7.45. The molecule has 0 aliphatic heterocycles. The van der Waals surface area contributed by atoms with Gasteiger partial charge in [-0.3, -0.25) is 0 Å². The lowest BCUT2D eigenvalue weighted by Crippen LogP contribution is -2.05. The molecule has 1 heterocycles. The smallest absolute Gasteiger partial charge is 0.247 e. The van der Waals surface area contributed by atoms with Crippen LogP contribution in [0.15, 0.2) is 42.5 Å². The van der Waals surface area contributed by atoms with Gasteiger partial charge in [0.15, 0.2) is 5.69 Å². The summed E-state index contributed by atoms with van der Waals surface area (Å²) in [5, 5.41) is 19.1. The number of nitriles is 1. The molecular weight excluding hydrogens is 329 g/mol. The lowest BCUT2D eigenvalue weighted by molar-refractivity contribution is -0.137. The van der Waals surface area contributed by atoms with Crippen LogP contribution in [0.2, 0.25) is 0 Å². The van der Waals surface area contributed by atoms with E-state index in [9.17, 15) is 13.2 Å². The fourth-order valence-electron chi connectivity index (χ4n) is 2.70. The first-order valence-corrected chi connectivity index (χ1v) is 7.45. The highest BCUT2D eigenvalue weighted by atomic mass is 19.4. The Morgan fingerprint density at radius 2 is 1.92 bits per heavy atom. The summed E-state index contributed by atoms with van der Waals surface area (Å²) >= 11 is 0. The van der Waals surface area contributed by atoms with E-state index in [-0.39, 0.29) is 5.69 Å². The molecule has 0 atom stereocenters. The SMILES string of the molecule is Cc1cc(Cc2cccc(C(F)(F)F)c2)cc(-c2nn[nH]c2C#N)c1. The van der Waals surface area contributed by atoms with Crippen molar-refractivity contribution in [1.82, 2.24) is 15.4 Å². The zero-order valence-corrected chi connectivity index (χ0v) is 13.2. The second-order valence-corrected chi connectivity index (χ2v) is 5.73. The van der Waals surface area contributed by atoms with E-state index < -0.39 is 11.7 Å². The average molecular weight is 342 g/mol. The summed E-state index contributed by atoms with van der Waals surface area (Å²) in [5.41, 5.74) is 3.03. The molecule has 0 amide bonds. The van der Waals surface area contributed by atoms with Crippen molar-refractivity contribution in [1.29, 1.82) is 5.26 Å². The van der Waals surface area contributed by atoms with E-state index in [0.717, 1.165) is 23.3 Å². The lowest BCUT2D eigenvalue weighted by atomic mass is 9.97. The molecule has 126 valence electrons. The van der Waals surface area contributed by atoms with Crippen LogP contribution < -0.4 is 0 Å². The summed E-state index contributed by atoms with van der Waals surface area (Å²) in [5.74, 6) is 0. The molecule has 0 saturated heterocycles. The predicted molar refractivity (Wildman–Crippen MR) is 85.5 cm³/mol. The summed E-state index contributed by atoms with van der Waals surface area (Å²) in [4.78, 5) is 0. The minimum absolute atomic E-state index is 0.246. The highest BCUT2D eigenvalue weighted by Crippen LogP contribution is 2.30. The number of halogens is 3. The van der Waals surface area contributed by atoms with Crippen molar-refractivity contribution in [3.05, 3.63) is 70.4 Å². The number of H-pyrrole nitrogens is 1. The molecule has 1 N–H and O–H groups in total. The zero-order valence-electron chi connectivity index (χ0n) is 13.2. The van der Waals surface area contributed by atoms with E-state index in [2.05, 4.69) is 15.4 Å². The number of nitrogens with one attached hydrogen (secondary N) is 1. The van der Waals surface area contributed by atoms with Gasteiger partial charge in [-0.2, -0.15) is 18.4 Å². The van der Waals surface area contributed by atoms with Gasteiger partial charge in [0, 0.05) is 5.56 Å². The number of hydrogen-bond donors (Lipinski definition) is 1. The molecule has 3 rings (SSSR count). The monoisotopic (exact) mass is 342 g/mol. The van der Waals surface area contributed by atoms with Crippen LogP contribution in [0.25, 0.3) is 11.3 Å². The standard InChI is InChI=1S/C18H13F3N4/c1-11-5-13(7-12-3-2-4-15(9-12)18(19,20)21)8-14(6-11)17-16(10-22)23-25-24-17/h2-6,8-9H,7H2,1H3,(H,23,24,25). The summed E-state index contributed by atoms with van der Waals surface area (Å²) in [6, 6.07) is 12.8. The van der Waals surface area contributed by atoms with E-state index in [1.165, 1.54) is 6.07 Å². The topological polar surface area (TPSA) is 65.4 Å². The Morgan fingerprint density at radius 1 is 1.12 bits per heavy atom. The molecule has 0 unspecified atom stereocenters. The minimum atomic E-state index is -4.36. The summed E-state index contributed by atoms with van der Waals surface area (Å²) in [6.45, 7) is 1.88. The Morgan fingerprint density at radius 3 is 2.64 bits per heavy atom. The lowest BCUT2D eigenvalue weighted by Gasteiger charge is -2.10. The molecule has 0 aliphatic rings. The first-order chi connectivity index (χ1) is 11.9. The number of rotatable bonds is 3. The van der Waals surface area contributed by atoms with E-state index in [1.807, 2.05) is 31.2 Å². The maximum Gasteiger partial charge on any atom is 0.416 e. The molecule has 3 aromatic rings. The molecule has 7 heteroatoms. The predicted octanol–water partition coefficient (Wildman–Crippen LogP) is 4.26. The van der Waals surface area contributed by atoms with Crippen molar-refractivity contribution in [3.8, 4) is 17.3 Å². The van der Waals surface area contributed by atoms with Gasteiger partial charge in [-0.15, -0.1) is 5.10 Å². The Bertz CT molecular complexity index is 951. The Hall–Kier alpha value is -3.14. The van der Waals surface area contributed by atoms with Crippen molar-refractivity contribution in [2.24, 2.45) is 0 Å². The van der Waals surface area contributed by atoms with Crippen LogP contribution in [-0.2, 0) is 12.6 Å². The maximum absolute atomic E-state index is 12.9. The zero-order chi connectivity index (χ0) is 18.0. The van der Waals surface area contributed by atoms with Gasteiger partial charge >= 0.3 is 6.18 Å². The van der Waals surface area contributed by atoms with Gasteiger partial charge in [0.25, 0.3) is 0 Å². The van der Waals surface area contributed by atoms with E-state index in [1.54, 1.807) is 6.07 Å². The average Bonchev–Trinajstić information content (AvgIpc) is 3.02. The molecule has 0 radical (unpaired) electrons. The van der Waals surface area contributed by atoms with Crippen LogP contribution in [-0.4, -0.2) is 15.4 Å². The molecule has 0 bridgehead atoms. The van der Waals surface area contributed by atoms with E-state index in [0.29, 0.717) is 23.2 Å². The highest BCUT2D eigenvalue weighted by molar-refractivity contribution is 5.65. The third-order valence-corrected chi connectivity index (χ3v) is 3.73. The van der Waals surface area contributed by atoms with Gasteiger partial charge in [-0.25, -0.2) is 5.10 Å². The van der Waals surface area contributed by atoms with Crippen molar-refractivity contribution in [3.63, 3.8) is 0 Å². The largest absolute Gasteiger partial charge is 0.416 e. The Labute approximate surface area is 141 Å². The van der Waals surface area contributed by atoms with Crippen molar-refractivity contribution < 1.29 is 13.2 Å². The summed E-state index contributed by atoms with van der Waals surface area (Å²) < 4.78 is 38.6. The van der Waals surface area contributed by atoms with Crippen LogP contribution in [0.5, 0.6) is 0 Å². The second kappa shape index (κ2) is 6.40. The normalized spacial score (nSPS) is 11.3. The molecule has 2 aromatic carbocycles. The van der Waals surface area contributed by atoms with Gasteiger partial charge in [-0.05, 0) is 42.7 Å². The molecular formula is C18H13F3N4. The van der Waals surface area contributed by atoms with Gasteiger partial charge < -0.3 is 0 Å². The van der Waals surface area contributed by atoms with Crippen LogP contribution in [0.4, 0.5) is 13.2 Å². The third kappa shape index (κ3) is 3.69. The molecule has 1 aromatic heterocycles. The molecule has 25 heavy (non-hydrogen) atoms. The highest BCUT2D eigenvalue weighted by Gasteiger charge is 2.30. The molecule has 0 saturated carbocycles. The summed E-state index contributed by atoms with van der Waals surface area (Å²) in [6.07, 6.45) is -4.02. The van der Waals surface area contributed by atoms with Gasteiger partial charge in [0.1, 0.15) is 11.8 Å². The van der Waals surface area contributed by atoms with Crippen LogP contribution in [0, 0.1) is 18.3 Å². The number of aromatic amines is 1. The van der Waals surface area contributed by atoms with Crippen molar-refractivity contribution >= 4 is 0 Å². The number of nitrogens with zero attached hydrogens (tertiary/aromatic N) is 3. The molecule has 0 aliphatic carbocycles. The number of benzene rings is 2. The minimum Gasteiger partial charge on any atom is -0.247 e. The number of hydrogen-bond acceptors (Lipinski definition) is 3. The number of aromatic nitrogens is 3. The molecule has 4 nitrogen and oxygen atoms in total. The Kier molecular flexibility index (Phi) is 4.28. The van der Waals surface area contributed by atoms with E-state index in [4.69, 9.17) is 5.26 Å². The van der Waals surface area contributed by atoms with Crippen LogP contribution >= 0.6 is 0 Å². The number of alkyl halides is 3. The number of aryl methyl sites for hydroxylation is 1. The van der Waals surface area contributed by atoms with Crippen LogP contribution in [0.1, 0.15) is 27.9 Å². The van der Waals surface area contributed by atoms with Gasteiger partial charge in [0.2, 0.25) is 0 Å².